The fraction of sp³-hybridized carbons (Fsp3) is 0.615. The number of fused-ring (bicyclic) bond motifs is 1. The predicted octanol–water partition coefficient (Wildman–Crippen LogP) is 0.691. The Morgan fingerprint density at radius 1 is 1.14 bits per heavy atom. The Morgan fingerprint density at radius 2 is 1.78 bits per heavy atom. The number of amides is 3. The second-order valence-electron chi connectivity index (χ2n) is 10.9. The molecule has 0 aliphatic carbocycles. The average Bonchev–Trinajstić information content (AvgIpc) is 3.52. The van der Waals surface area contributed by atoms with E-state index in [1.165, 1.54) is 4.90 Å². The number of epoxide rings is 1. The largest absolute Gasteiger partial charge is 0.443 e. The number of benzene rings is 1. The summed E-state index contributed by atoms with van der Waals surface area (Å²) in [7, 11) is 0. The third-order valence-electron chi connectivity index (χ3n) is 6.22. The van der Waals surface area contributed by atoms with E-state index in [4.69, 9.17) is 9.47 Å². The van der Waals surface area contributed by atoms with Crippen LogP contribution in [0.15, 0.2) is 24.3 Å². The van der Waals surface area contributed by atoms with Crippen molar-refractivity contribution < 1.29 is 38.9 Å². The monoisotopic (exact) mass is 519 g/mol. The molecule has 0 bridgehead atoms. The highest BCUT2D eigenvalue weighted by Gasteiger charge is 2.54. The normalized spacial score (nSPS) is 22.2. The number of hydrogen-bond acceptors (Lipinski definition) is 8. The third-order valence-corrected chi connectivity index (χ3v) is 6.22. The molecule has 2 aliphatic heterocycles. The highest BCUT2D eigenvalue weighted by atomic mass is 16.6. The van der Waals surface area contributed by atoms with Gasteiger partial charge < -0.3 is 30.3 Å². The predicted molar refractivity (Wildman–Crippen MR) is 134 cm³/mol. The maximum absolute atomic E-state index is 13.3. The number of Topliss-reactive ketones (excluding diaryl/α,β-unsaturated/α-hetero) is 1. The first-order valence-corrected chi connectivity index (χ1v) is 12.4. The molecule has 4 atom stereocenters. The molecule has 3 rings (SSSR count). The van der Waals surface area contributed by atoms with Gasteiger partial charge in [-0.1, -0.05) is 32.0 Å². The molecule has 1 aromatic carbocycles. The Labute approximate surface area is 216 Å². The molecule has 3 unspecified atom stereocenters. The van der Waals surface area contributed by atoms with E-state index in [0.29, 0.717) is 5.69 Å². The number of ether oxygens (including phenoxy) is 2. The number of carbonyl (C=O) groups is 4. The maximum Gasteiger partial charge on any atom is 0.415 e. The van der Waals surface area contributed by atoms with Crippen LogP contribution in [0.1, 0.15) is 46.6 Å². The highest BCUT2D eigenvalue weighted by Crippen LogP contribution is 2.34. The van der Waals surface area contributed by atoms with E-state index >= 15 is 0 Å². The topological polar surface area (TPSA) is 158 Å². The molecule has 2 aliphatic rings. The van der Waals surface area contributed by atoms with Crippen molar-refractivity contribution in [3.8, 4) is 0 Å². The molecule has 1 saturated heterocycles. The molecule has 3 amide bonds. The lowest BCUT2D eigenvalue weighted by molar-refractivity contribution is -0.135. The summed E-state index contributed by atoms with van der Waals surface area (Å²) in [5, 5.41) is 24.6. The van der Waals surface area contributed by atoms with Gasteiger partial charge in [0.2, 0.25) is 11.8 Å². The molecule has 0 saturated carbocycles. The van der Waals surface area contributed by atoms with Crippen LogP contribution >= 0.6 is 0 Å². The first kappa shape index (κ1) is 28.5. The van der Waals surface area contributed by atoms with Crippen LogP contribution in [-0.4, -0.2) is 83.1 Å². The summed E-state index contributed by atoms with van der Waals surface area (Å²) < 4.78 is 10.7. The van der Waals surface area contributed by atoms with Crippen molar-refractivity contribution >= 4 is 29.4 Å². The number of aliphatic hydroxyl groups excluding tert-OH is 2. The second-order valence-corrected chi connectivity index (χ2v) is 10.9. The van der Waals surface area contributed by atoms with Gasteiger partial charge in [-0.25, -0.2) is 4.79 Å². The molecule has 0 spiro atoms. The zero-order valence-electron chi connectivity index (χ0n) is 21.9. The molecule has 0 aromatic heterocycles. The molecule has 11 heteroatoms. The van der Waals surface area contributed by atoms with Crippen molar-refractivity contribution in [3.05, 3.63) is 29.8 Å². The molecular formula is C26H37N3O8. The lowest BCUT2D eigenvalue weighted by Crippen LogP contribution is -2.58. The fourth-order valence-corrected chi connectivity index (χ4v) is 4.29. The number of ketones is 1. The number of para-hydroxylation sites is 1. The molecule has 4 N–H and O–H groups in total. The molecule has 204 valence electrons. The number of rotatable bonds is 10. The van der Waals surface area contributed by atoms with Crippen molar-refractivity contribution in [2.75, 3.05) is 24.7 Å². The minimum atomic E-state index is -1.37. The Hall–Kier alpha value is -3.02. The molecule has 37 heavy (non-hydrogen) atoms. The zero-order chi connectivity index (χ0) is 27.5. The summed E-state index contributed by atoms with van der Waals surface area (Å²) in [6, 6.07) is 3.71. The summed E-state index contributed by atoms with van der Waals surface area (Å²) in [4.78, 5) is 53.5. The van der Waals surface area contributed by atoms with Crippen LogP contribution < -0.4 is 15.5 Å². The zero-order valence-corrected chi connectivity index (χ0v) is 21.9. The van der Waals surface area contributed by atoms with Gasteiger partial charge in [0.15, 0.2) is 11.4 Å². The molecule has 1 aromatic rings. The van der Waals surface area contributed by atoms with Crippen LogP contribution in [0.2, 0.25) is 0 Å². The molecular weight excluding hydrogens is 482 g/mol. The molecule has 11 nitrogen and oxygen atoms in total. The van der Waals surface area contributed by atoms with Crippen LogP contribution in [0.25, 0.3) is 0 Å². The van der Waals surface area contributed by atoms with Gasteiger partial charge >= 0.3 is 6.09 Å². The summed E-state index contributed by atoms with van der Waals surface area (Å²) in [6.07, 6.45) is -0.221. The van der Waals surface area contributed by atoms with Crippen molar-refractivity contribution in [3.63, 3.8) is 0 Å². The van der Waals surface area contributed by atoms with Gasteiger partial charge in [0.25, 0.3) is 0 Å². The lowest BCUT2D eigenvalue weighted by atomic mass is 9.92. The Balaban J connectivity index is 1.75. The van der Waals surface area contributed by atoms with E-state index in [1.54, 1.807) is 45.0 Å². The van der Waals surface area contributed by atoms with Gasteiger partial charge in [0.1, 0.15) is 17.7 Å². The van der Waals surface area contributed by atoms with E-state index in [9.17, 15) is 29.4 Å². The van der Waals surface area contributed by atoms with Crippen molar-refractivity contribution in [2.24, 2.45) is 5.92 Å². The number of hydrogen-bond donors (Lipinski definition) is 4. The number of carbonyl (C=O) groups excluding carboxylic acids is 4. The quantitative estimate of drug-likeness (QED) is 0.329. The first-order valence-electron chi connectivity index (χ1n) is 12.4. The van der Waals surface area contributed by atoms with Gasteiger partial charge in [-0.2, -0.15) is 0 Å². The average molecular weight is 520 g/mol. The van der Waals surface area contributed by atoms with Crippen LogP contribution in [0.4, 0.5) is 10.5 Å². The lowest BCUT2D eigenvalue weighted by Gasteiger charge is -2.29. The number of nitrogens with one attached hydrogen (secondary N) is 2. The Morgan fingerprint density at radius 3 is 2.32 bits per heavy atom. The Kier molecular flexibility index (Phi) is 8.61. The molecule has 2 heterocycles. The molecule has 1 fully saturated rings. The standard InChI is InChI=1S/C26H37N3O8/c1-15(2)10-17(21(32)26(13-31)14-36-26)27-22(33)18(12-30)28-23(34)20-11-16-8-6-7-9-19(16)29(20)24(35)37-25(3,4)5/h6-9,15,17-18,20,30-31H,10-14H2,1-5H3,(H,27,33)(H,28,34)/t17?,18-,20?,26?/m0/s1. The van der Waals surface area contributed by atoms with E-state index in [-0.39, 0.29) is 25.4 Å². The number of aliphatic hydroxyl groups is 2. The van der Waals surface area contributed by atoms with E-state index in [1.807, 2.05) is 13.8 Å². The van der Waals surface area contributed by atoms with E-state index < -0.39 is 66.2 Å². The second kappa shape index (κ2) is 11.2. The van der Waals surface area contributed by atoms with Gasteiger partial charge in [-0.3, -0.25) is 19.3 Å². The van der Waals surface area contributed by atoms with Crippen LogP contribution in [-0.2, 0) is 30.3 Å². The van der Waals surface area contributed by atoms with Gasteiger partial charge in [-0.05, 0) is 44.7 Å². The van der Waals surface area contributed by atoms with E-state index in [2.05, 4.69) is 10.6 Å². The number of anilines is 1. The maximum atomic E-state index is 13.3. The Bertz CT molecular complexity index is 1030. The molecule has 0 radical (unpaired) electrons. The van der Waals surface area contributed by atoms with Crippen LogP contribution in [0, 0.1) is 5.92 Å². The number of nitrogens with zero attached hydrogens (tertiary/aromatic N) is 1. The minimum absolute atomic E-state index is 0.0327. The SMILES string of the molecule is CC(C)CC(NC(=O)[C@H](CO)NC(=O)C1Cc2ccccc2N1C(=O)OC(C)(C)C)C(=O)C1(CO)CO1. The third kappa shape index (κ3) is 6.65. The summed E-state index contributed by atoms with van der Waals surface area (Å²) in [5.41, 5.74) is -0.824. The summed E-state index contributed by atoms with van der Waals surface area (Å²) in [5.74, 6) is -1.84. The fourth-order valence-electron chi connectivity index (χ4n) is 4.29. The van der Waals surface area contributed by atoms with Gasteiger partial charge in [0.05, 0.1) is 31.5 Å². The van der Waals surface area contributed by atoms with E-state index in [0.717, 1.165) is 5.56 Å². The van der Waals surface area contributed by atoms with Crippen molar-refractivity contribution in [1.29, 1.82) is 0 Å². The minimum Gasteiger partial charge on any atom is -0.443 e. The van der Waals surface area contributed by atoms with Crippen molar-refractivity contribution in [2.45, 2.75) is 76.8 Å². The van der Waals surface area contributed by atoms with Gasteiger partial charge in [-0.15, -0.1) is 0 Å². The highest BCUT2D eigenvalue weighted by molar-refractivity contribution is 6.02. The smallest absolute Gasteiger partial charge is 0.415 e. The van der Waals surface area contributed by atoms with Crippen molar-refractivity contribution in [1.82, 2.24) is 10.6 Å². The first-order chi connectivity index (χ1) is 17.3. The summed E-state index contributed by atoms with van der Waals surface area (Å²) in [6.45, 7) is 7.74. The van der Waals surface area contributed by atoms with Crippen LogP contribution in [0.3, 0.4) is 0 Å². The van der Waals surface area contributed by atoms with Crippen LogP contribution in [0.5, 0.6) is 0 Å². The summed E-state index contributed by atoms with van der Waals surface area (Å²) >= 11 is 0. The van der Waals surface area contributed by atoms with Gasteiger partial charge in [0, 0.05) is 6.42 Å².